The third-order valence-corrected chi connectivity index (χ3v) is 5.09. The van der Waals surface area contributed by atoms with Crippen LogP contribution in [0.3, 0.4) is 0 Å². The van der Waals surface area contributed by atoms with E-state index < -0.39 is 11.2 Å². The molecule has 0 bridgehead atoms. The summed E-state index contributed by atoms with van der Waals surface area (Å²) in [6.45, 7) is 2.21. The van der Waals surface area contributed by atoms with Gasteiger partial charge < -0.3 is 9.67 Å². The summed E-state index contributed by atoms with van der Waals surface area (Å²) in [6, 6.07) is 16.7. The summed E-state index contributed by atoms with van der Waals surface area (Å²) < 4.78 is 3.00. The van der Waals surface area contributed by atoms with E-state index in [2.05, 4.69) is 20.5 Å². The van der Waals surface area contributed by atoms with Gasteiger partial charge in [0.2, 0.25) is 5.95 Å². The SMILES string of the molecule is CC(=NNc1nc2c(c(=O)[nH]c(=O)n2C)n1CCc1ccccc1)c1ccccc1O. The first-order valence-corrected chi connectivity index (χ1v) is 9.78. The minimum atomic E-state index is -0.536. The zero-order chi connectivity index (χ0) is 22.0. The van der Waals surface area contributed by atoms with Crippen molar-refractivity contribution in [1.29, 1.82) is 0 Å². The number of aromatic hydroxyl groups is 1. The van der Waals surface area contributed by atoms with Gasteiger partial charge in [0.25, 0.3) is 5.56 Å². The van der Waals surface area contributed by atoms with Crippen LogP contribution >= 0.6 is 0 Å². The second-order valence-electron chi connectivity index (χ2n) is 7.14. The summed E-state index contributed by atoms with van der Waals surface area (Å²) >= 11 is 0. The van der Waals surface area contributed by atoms with E-state index in [1.807, 2.05) is 30.3 Å². The lowest BCUT2D eigenvalue weighted by Crippen LogP contribution is -2.29. The van der Waals surface area contributed by atoms with Gasteiger partial charge in [-0.1, -0.05) is 42.5 Å². The third-order valence-electron chi connectivity index (χ3n) is 5.09. The number of aromatic amines is 1. The van der Waals surface area contributed by atoms with Crippen LogP contribution in [0.2, 0.25) is 0 Å². The van der Waals surface area contributed by atoms with Crippen LogP contribution in [-0.2, 0) is 20.0 Å². The molecule has 0 unspecified atom stereocenters. The summed E-state index contributed by atoms with van der Waals surface area (Å²) in [5.74, 6) is 0.439. The van der Waals surface area contributed by atoms with E-state index >= 15 is 0 Å². The van der Waals surface area contributed by atoms with Gasteiger partial charge in [0, 0.05) is 19.2 Å². The number of anilines is 1. The van der Waals surface area contributed by atoms with Crippen LogP contribution in [0.15, 0.2) is 69.3 Å². The molecule has 0 amide bonds. The Labute approximate surface area is 177 Å². The predicted octanol–water partition coefficient (Wildman–Crippen LogP) is 2.21. The molecule has 2 aromatic heterocycles. The molecule has 0 aliphatic rings. The van der Waals surface area contributed by atoms with Crippen molar-refractivity contribution in [2.24, 2.45) is 12.1 Å². The molecule has 158 valence electrons. The minimum Gasteiger partial charge on any atom is -0.507 e. The first kappa shape index (κ1) is 20.1. The van der Waals surface area contributed by atoms with Gasteiger partial charge >= 0.3 is 5.69 Å². The summed E-state index contributed by atoms with van der Waals surface area (Å²) in [5, 5.41) is 14.4. The number of hydrazone groups is 1. The number of aromatic nitrogens is 4. The van der Waals surface area contributed by atoms with Crippen molar-refractivity contribution < 1.29 is 5.11 Å². The molecule has 2 aromatic carbocycles. The van der Waals surface area contributed by atoms with E-state index in [1.54, 1.807) is 42.8 Å². The number of phenolic OH excluding ortho intramolecular Hbond substituents is 1. The van der Waals surface area contributed by atoms with E-state index in [1.165, 1.54) is 4.57 Å². The van der Waals surface area contributed by atoms with Crippen LogP contribution in [0.1, 0.15) is 18.1 Å². The van der Waals surface area contributed by atoms with Gasteiger partial charge in [-0.15, -0.1) is 0 Å². The van der Waals surface area contributed by atoms with Gasteiger partial charge in [-0.05, 0) is 31.0 Å². The number of rotatable bonds is 6. The average molecular weight is 418 g/mol. The van der Waals surface area contributed by atoms with E-state index in [4.69, 9.17) is 0 Å². The molecule has 9 heteroatoms. The molecule has 0 atom stereocenters. The number of phenols is 1. The number of nitrogens with one attached hydrogen (secondary N) is 2. The number of nitrogens with zero attached hydrogens (tertiary/aromatic N) is 4. The second kappa shape index (κ2) is 8.31. The van der Waals surface area contributed by atoms with Gasteiger partial charge in [-0.25, -0.2) is 10.2 Å². The lowest BCUT2D eigenvalue weighted by molar-refractivity contribution is 0.474. The highest BCUT2D eigenvalue weighted by Crippen LogP contribution is 2.19. The maximum absolute atomic E-state index is 12.6. The van der Waals surface area contributed by atoms with Crippen molar-refractivity contribution in [2.75, 3.05) is 5.43 Å². The largest absolute Gasteiger partial charge is 0.507 e. The molecule has 2 heterocycles. The van der Waals surface area contributed by atoms with Crippen LogP contribution < -0.4 is 16.7 Å². The molecular formula is C22H22N6O3. The summed E-state index contributed by atoms with van der Waals surface area (Å²) in [4.78, 5) is 31.4. The Kier molecular flexibility index (Phi) is 5.40. The molecule has 3 N–H and O–H groups in total. The Morgan fingerprint density at radius 1 is 1.13 bits per heavy atom. The van der Waals surface area contributed by atoms with Gasteiger partial charge in [0.1, 0.15) is 5.75 Å². The van der Waals surface area contributed by atoms with Crippen molar-refractivity contribution in [3.8, 4) is 5.75 Å². The number of imidazole rings is 1. The first-order chi connectivity index (χ1) is 15.0. The van der Waals surface area contributed by atoms with Crippen molar-refractivity contribution in [1.82, 2.24) is 19.1 Å². The Hall–Kier alpha value is -4.14. The molecule has 0 fully saturated rings. The van der Waals surface area contributed by atoms with E-state index in [0.717, 1.165) is 5.56 Å². The maximum atomic E-state index is 12.6. The monoisotopic (exact) mass is 418 g/mol. The van der Waals surface area contributed by atoms with Gasteiger partial charge in [0.05, 0.1) is 5.71 Å². The van der Waals surface area contributed by atoms with Crippen LogP contribution in [0.25, 0.3) is 11.2 Å². The highest BCUT2D eigenvalue weighted by molar-refractivity contribution is 6.01. The second-order valence-corrected chi connectivity index (χ2v) is 7.14. The molecule has 0 saturated heterocycles. The lowest BCUT2D eigenvalue weighted by atomic mass is 10.1. The van der Waals surface area contributed by atoms with Gasteiger partial charge in [-0.3, -0.25) is 14.3 Å². The zero-order valence-corrected chi connectivity index (χ0v) is 17.2. The highest BCUT2D eigenvalue weighted by atomic mass is 16.3. The van der Waals surface area contributed by atoms with Crippen molar-refractivity contribution in [3.05, 3.63) is 86.6 Å². The highest BCUT2D eigenvalue weighted by Gasteiger charge is 2.17. The first-order valence-electron chi connectivity index (χ1n) is 9.78. The molecule has 0 spiro atoms. The lowest BCUT2D eigenvalue weighted by Gasteiger charge is -2.09. The molecule has 9 nitrogen and oxygen atoms in total. The quantitative estimate of drug-likeness (QED) is 0.328. The maximum Gasteiger partial charge on any atom is 0.329 e. The van der Waals surface area contributed by atoms with E-state index in [0.29, 0.717) is 30.2 Å². The number of aryl methyl sites for hydroxylation is 3. The number of hydrogen-bond donors (Lipinski definition) is 3. The number of fused-ring (bicyclic) bond motifs is 1. The third kappa shape index (κ3) is 3.97. The molecule has 0 aliphatic carbocycles. The van der Waals surface area contributed by atoms with E-state index in [9.17, 15) is 14.7 Å². The normalized spacial score (nSPS) is 11.7. The number of para-hydroxylation sites is 1. The topological polar surface area (TPSA) is 117 Å². The zero-order valence-electron chi connectivity index (χ0n) is 17.2. The fraction of sp³-hybridized carbons (Fsp3) is 0.182. The summed E-state index contributed by atoms with van der Waals surface area (Å²) in [5.41, 5.74) is 4.63. The number of benzene rings is 2. The Bertz CT molecular complexity index is 1380. The van der Waals surface area contributed by atoms with Crippen LogP contribution in [-0.4, -0.2) is 29.9 Å². The smallest absolute Gasteiger partial charge is 0.329 e. The number of H-pyrrole nitrogens is 1. The van der Waals surface area contributed by atoms with Crippen LogP contribution in [0.5, 0.6) is 5.75 Å². The molecule has 0 radical (unpaired) electrons. The fourth-order valence-corrected chi connectivity index (χ4v) is 3.40. The molecule has 0 saturated carbocycles. The Morgan fingerprint density at radius 2 is 1.84 bits per heavy atom. The Balaban J connectivity index is 1.76. The minimum absolute atomic E-state index is 0.113. The number of hydrogen-bond acceptors (Lipinski definition) is 6. The summed E-state index contributed by atoms with van der Waals surface area (Å²) in [7, 11) is 1.55. The van der Waals surface area contributed by atoms with Gasteiger partial charge in [0.15, 0.2) is 11.2 Å². The standard InChI is InChI=1S/C22H22N6O3/c1-14(16-10-6-7-11-17(16)29)25-26-21-23-19-18(20(30)24-22(31)27(19)2)28(21)13-12-15-8-4-3-5-9-15/h3-11,29H,12-13H2,1-2H3,(H,23,26)(H,24,30,31). The summed E-state index contributed by atoms with van der Waals surface area (Å²) in [6.07, 6.45) is 0.658. The van der Waals surface area contributed by atoms with Crippen LogP contribution in [0, 0.1) is 0 Å². The molecular weight excluding hydrogens is 396 g/mol. The van der Waals surface area contributed by atoms with Crippen molar-refractivity contribution in [2.45, 2.75) is 19.9 Å². The van der Waals surface area contributed by atoms with Crippen LogP contribution in [0.4, 0.5) is 5.95 Å². The van der Waals surface area contributed by atoms with E-state index in [-0.39, 0.29) is 16.9 Å². The Morgan fingerprint density at radius 3 is 2.58 bits per heavy atom. The molecule has 4 aromatic rings. The molecule has 31 heavy (non-hydrogen) atoms. The fourth-order valence-electron chi connectivity index (χ4n) is 3.40. The predicted molar refractivity (Wildman–Crippen MR) is 120 cm³/mol. The van der Waals surface area contributed by atoms with Crippen molar-refractivity contribution >= 4 is 22.8 Å². The average Bonchev–Trinajstić information content (AvgIpc) is 3.14. The van der Waals surface area contributed by atoms with Crippen molar-refractivity contribution in [3.63, 3.8) is 0 Å². The molecule has 4 rings (SSSR count). The molecule has 0 aliphatic heterocycles. The van der Waals surface area contributed by atoms with Gasteiger partial charge in [-0.2, -0.15) is 10.1 Å².